The lowest BCUT2D eigenvalue weighted by molar-refractivity contribution is -0.384. The number of non-ortho nitro benzene ring substituents is 1. The minimum Gasteiger partial charge on any atom is -0.396 e. The number of nitrogens with one attached hydrogen (secondary N) is 1. The fourth-order valence-corrected chi connectivity index (χ4v) is 3.31. The third-order valence-electron chi connectivity index (χ3n) is 4.51. The zero-order chi connectivity index (χ0) is 15.1. The number of nitro benzene ring substituents is 1. The fourth-order valence-electron chi connectivity index (χ4n) is 3.31. The van der Waals surface area contributed by atoms with Crippen molar-refractivity contribution in [2.24, 2.45) is 5.41 Å². The number of hydrogen-bond donors (Lipinski definition) is 2. The Morgan fingerprint density at radius 1 is 1.29 bits per heavy atom. The first-order chi connectivity index (χ1) is 10.2. The van der Waals surface area contributed by atoms with Crippen molar-refractivity contribution in [1.82, 2.24) is 5.32 Å². The average Bonchev–Trinajstić information content (AvgIpc) is 2.49. The van der Waals surface area contributed by atoms with Gasteiger partial charge in [-0.3, -0.25) is 10.1 Å². The summed E-state index contributed by atoms with van der Waals surface area (Å²) in [6, 6.07) is 6.75. The summed E-state index contributed by atoms with van der Waals surface area (Å²) in [6.45, 7) is 1.74. The van der Waals surface area contributed by atoms with Crippen LogP contribution in [0.5, 0.6) is 0 Å². The number of nitrogens with zero attached hydrogens (tertiary/aromatic N) is 1. The van der Waals surface area contributed by atoms with Gasteiger partial charge in [0.05, 0.1) is 4.92 Å². The molecule has 1 saturated carbocycles. The molecule has 0 radical (unpaired) electrons. The Hall–Kier alpha value is -1.46. The molecule has 21 heavy (non-hydrogen) atoms. The molecule has 0 spiro atoms. The molecule has 2 rings (SSSR count). The number of benzene rings is 1. The van der Waals surface area contributed by atoms with Crippen LogP contribution in [0.1, 0.15) is 44.1 Å². The van der Waals surface area contributed by atoms with Gasteiger partial charge in [0, 0.05) is 31.8 Å². The molecule has 1 aromatic carbocycles. The van der Waals surface area contributed by atoms with Crippen LogP contribution in [0, 0.1) is 15.5 Å². The fraction of sp³-hybridized carbons (Fsp3) is 0.625. The number of aliphatic hydroxyl groups excluding tert-OH is 1. The van der Waals surface area contributed by atoms with Crippen molar-refractivity contribution in [1.29, 1.82) is 0 Å². The van der Waals surface area contributed by atoms with Crippen LogP contribution in [0.25, 0.3) is 0 Å². The van der Waals surface area contributed by atoms with Gasteiger partial charge in [-0.2, -0.15) is 0 Å². The summed E-state index contributed by atoms with van der Waals surface area (Å²) < 4.78 is 0. The van der Waals surface area contributed by atoms with E-state index in [1.807, 2.05) is 6.07 Å². The molecule has 0 aliphatic heterocycles. The van der Waals surface area contributed by atoms with Crippen LogP contribution < -0.4 is 5.32 Å². The summed E-state index contributed by atoms with van der Waals surface area (Å²) in [4.78, 5) is 10.4. The highest BCUT2D eigenvalue weighted by Crippen LogP contribution is 2.38. The Kier molecular flexibility index (Phi) is 5.70. The quantitative estimate of drug-likeness (QED) is 0.598. The molecule has 0 heterocycles. The Morgan fingerprint density at radius 2 is 2.05 bits per heavy atom. The first kappa shape index (κ1) is 15.9. The highest BCUT2D eigenvalue weighted by Gasteiger charge is 2.30. The molecular weight excluding hydrogens is 268 g/mol. The third-order valence-corrected chi connectivity index (χ3v) is 4.51. The standard InChI is InChI=1S/C16H24N2O3/c19-10-9-16(7-2-1-3-8-16)13-17-12-14-5-4-6-15(11-14)18(20)21/h4-6,11,17,19H,1-3,7-10,12-13H2. The lowest BCUT2D eigenvalue weighted by Crippen LogP contribution is -2.36. The zero-order valence-corrected chi connectivity index (χ0v) is 12.4. The molecule has 1 aliphatic rings. The second kappa shape index (κ2) is 7.52. The summed E-state index contributed by atoms with van der Waals surface area (Å²) in [5.74, 6) is 0. The van der Waals surface area contributed by atoms with Crippen molar-refractivity contribution in [3.8, 4) is 0 Å². The Bertz CT molecular complexity index is 465. The van der Waals surface area contributed by atoms with Crippen molar-refractivity contribution < 1.29 is 10.0 Å². The molecule has 0 aromatic heterocycles. The minimum atomic E-state index is -0.363. The normalized spacial score (nSPS) is 17.6. The lowest BCUT2D eigenvalue weighted by Gasteiger charge is -2.37. The van der Waals surface area contributed by atoms with Crippen LogP contribution in [-0.2, 0) is 6.54 Å². The largest absolute Gasteiger partial charge is 0.396 e. The van der Waals surface area contributed by atoms with E-state index in [0.717, 1.165) is 31.4 Å². The van der Waals surface area contributed by atoms with E-state index < -0.39 is 0 Å². The monoisotopic (exact) mass is 292 g/mol. The van der Waals surface area contributed by atoms with Gasteiger partial charge in [0.2, 0.25) is 0 Å². The smallest absolute Gasteiger partial charge is 0.269 e. The van der Waals surface area contributed by atoms with Crippen LogP contribution >= 0.6 is 0 Å². The summed E-state index contributed by atoms with van der Waals surface area (Å²) >= 11 is 0. The molecule has 0 atom stereocenters. The molecule has 0 unspecified atom stereocenters. The van der Waals surface area contributed by atoms with E-state index >= 15 is 0 Å². The van der Waals surface area contributed by atoms with Crippen molar-refractivity contribution in [2.75, 3.05) is 13.2 Å². The van der Waals surface area contributed by atoms with Gasteiger partial charge in [0.25, 0.3) is 5.69 Å². The van der Waals surface area contributed by atoms with E-state index in [1.54, 1.807) is 12.1 Å². The highest BCUT2D eigenvalue weighted by molar-refractivity contribution is 5.34. The lowest BCUT2D eigenvalue weighted by atomic mass is 9.72. The second-order valence-electron chi connectivity index (χ2n) is 6.06. The maximum atomic E-state index is 10.8. The van der Waals surface area contributed by atoms with Crippen molar-refractivity contribution in [3.05, 3.63) is 39.9 Å². The van der Waals surface area contributed by atoms with Crippen LogP contribution in [0.2, 0.25) is 0 Å². The third kappa shape index (κ3) is 4.51. The van der Waals surface area contributed by atoms with Crippen LogP contribution in [0.3, 0.4) is 0 Å². The van der Waals surface area contributed by atoms with Crippen LogP contribution in [0.4, 0.5) is 5.69 Å². The van der Waals surface area contributed by atoms with E-state index in [1.165, 1.54) is 25.3 Å². The molecule has 116 valence electrons. The topological polar surface area (TPSA) is 75.4 Å². The van der Waals surface area contributed by atoms with Crippen molar-refractivity contribution in [3.63, 3.8) is 0 Å². The maximum absolute atomic E-state index is 10.8. The van der Waals surface area contributed by atoms with Gasteiger partial charge < -0.3 is 10.4 Å². The molecular formula is C16H24N2O3. The summed E-state index contributed by atoms with van der Waals surface area (Å²) in [5, 5.41) is 23.5. The molecule has 0 bridgehead atoms. The SMILES string of the molecule is O=[N+]([O-])c1cccc(CNCC2(CCO)CCCCC2)c1. The van der Waals surface area contributed by atoms with Crippen molar-refractivity contribution >= 4 is 5.69 Å². The predicted molar refractivity (Wildman–Crippen MR) is 82.0 cm³/mol. The van der Waals surface area contributed by atoms with Crippen molar-refractivity contribution in [2.45, 2.75) is 45.1 Å². The van der Waals surface area contributed by atoms with E-state index in [0.29, 0.717) is 6.54 Å². The summed E-state index contributed by atoms with van der Waals surface area (Å²) in [6.07, 6.45) is 6.93. The predicted octanol–water partition coefficient (Wildman–Crippen LogP) is 3.02. The van der Waals surface area contributed by atoms with Gasteiger partial charge in [-0.1, -0.05) is 31.4 Å². The zero-order valence-electron chi connectivity index (χ0n) is 12.4. The second-order valence-corrected chi connectivity index (χ2v) is 6.06. The first-order valence-corrected chi connectivity index (χ1v) is 7.70. The molecule has 1 aliphatic carbocycles. The van der Waals surface area contributed by atoms with Gasteiger partial charge >= 0.3 is 0 Å². The Labute approximate surface area is 125 Å². The van der Waals surface area contributed by atoms with E-state index in [9.17, 15) is 15.2 Å². The van der Waals surface area contributed by atoms with Gasteiger partial charge in [-0.15, -0.1) is 0 Å². The molecule has 0 saturated heterocycles. The molecule has 1 fully saturated rings. The number of hydrogen-bond acceptors (Lipinski definition) is 4. The van der Waals surface area contributed by atoms with Crippen LogP contribution in [0.15, 0.2) is 24.3 Å². The first-order valence-electron chi connectivity index (χ1n) is 7.70. The number of nitro groups is 1. The van der Waals surface area contributed by atoms with E-state index in [2.05, 4.69) is 5.32 Å². The summed E-state index contributed by atoms with van der Waals surface area (Å²) in [5.41, 5.74) is 1.27. The molecule has 0 amide bonds. The summed E-state index contributed by atoms with van der Waals surface area (Å²) in [7, 11) is 0. The molecule has 1 aromatic rings. The average molecular weight is 292 g/mol. The number of rotatable bonds is 7. The van der Waals surface area contributed by atoms with Gasteiger partial charge in [-0.25, -0.2) is 0 Å². The minimum absolute atomic E-state index is 0.136. The Morgan fingerprint density at radius 3 is 2.71 bits per heavy atom. The Balaban J connectivity index is 1.90. The van der Waals surface area contributed by atoms with Gasteiger partial charge in [0.15, 0.2) is 0 Å². The molecule has 2 N–H and O–H groups in total. The maximum Gasteiger partial charge on any atom is 0.269 e. The molecule has 5 heteroatoms. The van der Waals surface area contributed by atoms with Crippen LogP contribution in [-0.4, -0.2) is 23.2 Å². The van der Waals surface area contributed by atoms with Gasteiger partial charge in [0.1, 0.15) is 0 Å². The van der Waals surface area contributed by atoms with E-state index in [4.69, 9.17) is 0 Å². The highest BCUT2D eigenvalue weighted by atomic mass is 16.6. The van der Waals surface area contributed by atoms with Gasteiger partial charge in [-0.05, 0) is 30.2 Å². The molecule has 5 nitrogen and oxygen atoms in total. The van der Waals surface area contributed by atoms with E-state index in [-0.39, 0.29) is 22.6 Å². The number of aliphatic hydroxyl groups is 1.